The van der Waals surface area contributed by atoms with Crippen LogP contribution in [-0.4, -0.2) is 73.9 Å². The third-order valence-corrected chi connectivity index (χ3v) is 9.52. The summed E-state index contributed by atoms with van der Waals surface area (Å²) in [5.74, 6) is -0.713. The molecular formula is C35H38F2N8O. The highest BCUT2D eigenvalue weighted by Gasteiger charge is 2.35. The molecule has 5 aromatic rings. The quantitative estimate of drug-likeness (QED) is 0.237. The van der Waals surface area contributed by atoms with Gasteiger partial charge in [-0.2, -0.15) is 15.5 Å². The number of hydrogen-bond acceptors (Lipinski definition) is 7. The zero-order valence-corrected chi connectivity index (χ0v) is 26.4. The maximum absolute atomic E-state index is 13.9. The van der Waals surface area contributed by atoms with Gasteiger partial charge in [0, 0.05) is 17.5 Å². The van der Waals surface area contributed by atoms with Crippen molar-refractivity contribution in [2.75, 3.05) is 38.2 Å². The first-order valence-corrected chi connectivity index (χ1v) is 16.1. The van der Waals surface area contributed by atoms with E-state index < -0.39 is 11.6 Å². The van der Waals surface area contributed by atoms with Crippen molar-refractivity contribution < 1.29 is 13.9 Å². The third-order valence-electron chi connectivity index (χ3n) is 9.52. The topological polar surface area (TPSA) is 99.0 Å². The van der Waals surface area contributed by atoms with Gasteiger partial charge in [0.15, 0.2) is 23.1 Å². The third kappa shape index (κ3) is 5.29. The average molecular weight is 625 g/mol. The number of nitriles is 1. The van der Waals surface area contributed by atoms with Gasteiger partial charge in [-0.15, -0.1) is 0 Å². The van der Waals surface area contributed by atoms with Crippen LogP contribution in [0.5, 0.6) is 0 Å². The highest BCUT2D eigenvalue weighted by atomic mass is 19.2. The number of hydrogen-bond donors (Lipinski definition) is 1. The Kier molecular flexibility index (Phi) is 7.95. The van der Waals surface area contributed by atoms with Gasteiger partial charge < -0.3 is 14.9 Å². The van der Waals surface area contributed by atoms with Crippen molar-refractivity contribution in [3.05, 3.63) is 71.1 Å². The first-order chi connectivity index (χ1) is 22.2. The minimum atomic E-state index is -0.888. The molecule has 1 unspecified atom stereocenters. The molecule has 2 saturated heterocycles. The van der Waals surface area contributed by atoms with Crippen LogP contribution >= 0.6 is 0 Å². The molecule has 0 bridgehead atoms. The van der Waals surface area contributed by atoms with Crippen LogP contribution in [0.3, 0.4) is 0 Å². The molecule has 3 aromatic heterocycles. The van der Waals surface area contributed by atoms with Gasteiger partial charge in [-0.3, -0.25) is 4.68 Å². The van der Waals surface area contributed by atoms with E-state index in [-0.39, 0.29) is 31.2 Å². The summed E-state index contributed by atoms with van der Waals surface area (Å²) in [7, 11) is 2.14. The van der Waals surface area contributed by atoms with Crippen LogP contribution in [0.25, 0.3) is 33.1 Å². The van der Waals surface area contributed by atoms with E-state index in [1.807, 2.05) is 18.2 Å². The first kappa shape index (κ1) is 30.3. The number of fused-ring (bicyclic) bond motifs is 2. The van der Waals surface area contributed by atoms with E-state index >= 15 is 0 Å². The molecule has 0 radical (unpaired) electrons. The Balaban J connectivity index is 1.42. The Morgan fingerprint density at radius 1 is 1.04 bits per heavy atom. The summed E-state index contributed by atoms with van der Waals surface area (Å²) < 4.78 is 31.3. The molecule has 46 heavy (non-hydrogen) atoms. The van der Waals surface area contributed by atoms with E-state index in [0.717, 1.165) is 89.5 Å². The number of halogens is 2. The number of nitrogens with zero attached hydrogens (tertiary/aromatic N) is 8. The van der Waals surface area contributed by atoms with Crippen LogP contribution in [-0.2, 0) is 13.0 Å². The number of pyridine rings is 1. The van der Waals surface area contributed by atoms with Crippen molar-refractivity contribution in [1.29, 1.82) is 5.26 Å². The Morgan fingerprint density at radius 2 is 1.85 bits per heavy atom. The monoisotopic (exact) mass is 624 g/mol. The van der Waals surface area contributed by atoms with Crippen molar-refractivity contribution >= 4 is 27.8 Å². The summed E-state index contributed by atoms with van der Waals surface area (Å²) in [6.45, 7) is 7.29. The molecule has 11 heteroatoms. The molecule has 7 rings (SSSR count). The van der Waals surface area contributed by atoms with Gasteiger partial charge in [0.25, 0.3) is 0 Å². The van der Waals surface area contributed by atoms with E-state index in [4.69, 9.17) is 10.1 Å². The lowest BCUT2D eigenvalue weighted by Gasteiger charge is -2.40. The minimum absolute atomic E-state index is 0.0326. The van der Waals surface area contributed by atoms with Crippen LogP contribution in [0.1, 0.15) is 56.0 Å². The lowest BCUT2D eigenvalue weighted by Crippen LogP contribution is -2.50. The van der Waals surface area contributed by atoms with E-state index in [0.29, 0.717) is 17.5 Å². The molecule has 9 nitrogen and oxygen atoms in total. The zero-order valence-electron chi connectivity index (χ0n) is 26.4. The maximum Gasteiger partial charge on any atom is 0.161 e. The second-order valence-electron chi connectivity index (χ2n) is 13.2. The summed E-state index contributed by atoms with van der Waals surface area (Å²) in [6, 6.07) is 12.5. The van der Waals surface area contributed by atoms with E-state index in [1.165, 1.54) is 6.07 Å². The lowest BCUT2D eigenvalue weighted by atomic mass is 9.92. The lowest BCUT2D eigenvalue weighted by molar-refractivity contribution is 0.212. The van der Waals surface area contributed by atoms with Crippen LogP contribution in [0, 0.1) is 28.9 Å². The van der Waals surface area contributed by atoms with Crippen molar-refractivity contribution in [3.8, 4) is 17.2 Å². The second kappa shape index (κ2) is 12.1. The molecular weight excluding hydrogens is 586 g/mol. The van der Waals surface area contributed by atoms with Gasteiger partial charge in [-0.25, -0.2) is 18.4 Å². The summed E-state index contributed by atoms with van der Waals surface area (Å²) in [6.07, 6.45) is 5.20. The molecule has 2 aliphatic rings. The van der Waals surface area contributed by atoms with Gasteiger partial charge in [0.2, 0.25) is 0 Å². The molecule has 2 aliphatic heterocycles. The van der Waals surface area contributed by atoms with Crippen molar-refractivity contribution in [3.63, 3.8) is 0 Å². The molecule has 0 aliphatic carbocycles. The molecule has 238 valence electrons. The molecule has 1 N–H and O–H groups in total. The molecule has 1 atom stereocenters. The Morgan fingerprint density at radius 3 is 2.52 bits per heavy atom. The standard InChI is InChI=1S/C35H38F2N8O/c1-21(2)14-30-27(17-38)32(23-5-7-31-24(16-23)18-39-44(31)19-22-4-6-28(36)29(37)15-22)33-34(40-30)45(25-8-11-42(3)12-9-25)41-35(33)43-13-10-26(43)20-46/h4-7,15-16,18,21,25-26,46H,8-14,19-20H2,1-3H3. The Hall–Kier alpha value is -4.40. The number of benzene rings is 2. The van der Waals surface area contributed by atoms with E-state index in [9.17, 15) is 19.1 Å². The van der Waals surface area contributed by atoms with Crippen LogP contribution < -0.4 is 4.90 Å². The molecule has 5 heterocycles. The van der Waals surface area contributed by atoms with Crippen molar-refractivity contribution in [2.45, 2.75) is 58.2 Å². The molecule has 0 saturated carbocycles. The Labute approximate surface area is 266 Å². The smallest absolute Gasteiger partial charge is 0.161 e. The summed E-state index contributed by atoms with van der Waals surface area (Å²) >= 11 is 0. The molecule has 2 fully saturated rings. The fraction of sp³-hybridized carbons (Fsp3) is 0.429. The number of aliphatic hydroxyl groups is 1. The number of aromatic nitrogens is 5. The minimum Gasteiger partial charge on any atom is -0.394 e. The number of anilines is 1. The predicted molar refractivity (Wildman–Crippen MR) is 174 cm³/mol. The first-order valence-electron chi connectivity index (χ1n) is 16.1. The summed E-state index contributed by atoms with van der Waals surface area (Å²) in [4.78, 5) is 9.69. The fourth-order valence-corrected chi connectivity index (χ4v) is 6.93. The fourth-order valence-electron chi connectivity index (χ4n) is 6.93. The van der Waals surface area contributed by atoms with Gasteiger partial charge in [-0.05, 0) is 87.1 Å². The van der Waals surface area contributed by atoms with Crippen LogP contribution in [0.4, 0.5) is 14.6 Å². The van der Waals surface area contributed by atoms with E-state index in [1.54, 1.807) is 16.9 Å². The normalized spacial score (nSPS) is 17.7. The molecule has 0 spiro atoms. The van der Waals surface area contributed by atoms with Crippen LogP contribution in [0.15, 0.2) is 42.6 Å². The molecule has 0 amide bonds. The number of likely N-dealkylation sites (tertiary alicyclic amines) is 1. The van der Waals surface area contributed by atoms with Gasteiger partial charge in [0.1, 0.15) is 6.07 Å². The number of rotatable bonds is 8. The number of aliphatic hydroxyl groups excluding tert-OH is 1. The SMILES string of the molecule is CC(C)Cc1nc2c(c(N3CCC3CO)nn2C2CCN(C)CC2)c(-c2ccc3c(cnn3Cc3ccc(F)c(F)c3)c2)c1C#N. The largest absolute Gasteiger partial charge is 0.394 e. The van der Waals surface area contributed by atoms with Crippen LogP contribution in [0.2, 0.25) is 0 Å². The van der Waals surface area contributed by atoms with E-state index in [2.05, 4.69) is 46.5 Å². The predicted octanol–water partition coefficient (Wildman–Crippen LogP) is 5.68. The average Bonchev–Trinajstić information content (AvgIpc) is 3.59. The van der Waals surface area contributed by atoms with Gasteiger partial charge >= 0.3 is 0 Å². The van der Waals surface area contributed by atoms with Gasteiger partial charge in [0.05, 0.1) is 53.6 Å². The highest BCUT2D eigenvalue weighted by Crippen LogP contribution is 2.43. The maximum atomic E-state index is 13.9. The second-order valence-corrected chi connectivity index (χ2v) is 13.2. The summed E-state index contributed by atoms with van der Waals surface area (Å²) in [5, 5.41) is 32.4. The van der Waals surface area contributed by atoms with Crippen molar-refractivity contribution in [1.82, 2.24) is 29.4 Å². The number of piperidine rings is 1. The Bertz CT molecular complexity index is 1970. The van der Waals surface area contributed by atoms with Gasteiger partial charge in [-0.1, -0.05) is 26.0 Å². The van der Waals surface area contributed by atoms with Crippen molar-refractivity contribution in [2.24, 2.45) is 5.92 Å². The highest BCUT2D eigenvalue weighted by molar-refractivity contribution is 6.05. The molecule has 2 aromatic carbocycles. The summed E-state index contributed by atoms with van der Waals surface area (Å²) in [5.41, 5.74) is 5.19. The zero-order chi connectivity index (χ0) is 32.1.